The first kappa shape index (κ1) is 17.2. The van der Waals surface area contributed by atoms with Crippen LogP contribution in [-0.4, -0.2) is 22.9 Å². The van der Waals surface area contributed by atoms with Gasteiger partial charge in [0.1, 0.15) is 5.76 Å². The van der Waals surface area contributed by atoms with Crippen molar-refractivity contribution in [2.24, 2.45) is 4.99 Å². The Morgan fingerprint density at radius 3 is 2.78 bits per heavy atom. The van der Waals surface area contributed by atoms with Gasteiger partial charge in [0.15, 0.2) is 5.17 Å². The number of benzene rings is 2. The summed E-state index contributed by atoms with van der Waals surface area (Å²) in [4.78, 5) is 28.3. The average Bonchev–Trinajstić information content (AvgIpc) is 3.19. The molecule has 136 valence electrons. The standard InChI is InChI=1S/C19H16N4O3S/c24-16(23-18(25)20-10-13-6-3-9-26-13)11-27-19-21-14-7-1-4-12-5-2-8-15(22-19)17(12)14/h1-9H,10-11H2,(H,21,22)(H2,20,23,24,25). The van der Waals surface area contributed by atoms with Crippen LogP contribution in [0.4, 0.5) is 16.2 Å². The van der Waals surface area contributed by atoms with E-state index in [1.807, 2.05) is 36.4 Å². The van der Waals surface area contributed by atoms with Crippen molar-refractivity contribution in [3.05, 3.63) is 60.6 Å². The summed E-state index contributed by atoms with van der Waals surface area (Å²) in [5.41, 5.74) is 1.82. The van der Waals surface area contributed by atoms with E-state index in [0.717, 1.165) is 22.1 Å². The number of hydrogen-bond acceptors (Lipinski definition) is 6. The Morgan fingerprint density at radius 2 is 1.96 bits per heavy atom. The highest BCUT2D eigenvalue weighted by molar-refractivity contribution is 8.14. The molecule has 1 aliphatic heterocycles. The molecule has 0 radical (unpaired) electrons. The van der Waals surface area contributed by atoms with Crippen molar-refractivity contribution >= 4 is 51.0 Å². The molecular formula is C19H16N4O3S. The molecule has 0 saturated heterocycles. The third-order valence-electron chi connectivity index (χ3n) is 3.94. The number of urea groups is 1. The van der Waals surface area contributed by atoms with E-state index in [9.17, 15) is 9.59 Å². The van der Waals surface area contributed by atoms with E-state index in [2.05, 4.69) is 20.9 Å². The van der Waals surface area contributed by atoms with Gasteiger partial charge in [-0.15, -0.1) is 0 Å². The maximum absolute atomic E-state index is 12.0. The second-order valence-corrected chi connectivity index (χ2v) is 6.79. The van der Waals surface area contributed by atoms with Crippen molar-refractivity contribution in [3.63, 3.8) is 0 Å². The molecule has 3 N–H and O–H groups in total. The van der Waals surface area contributed by atoms with Crippen LogP contribution < -0.4 is 16.0 Å². The summed E-state index contributed by atoms with van der Waals surface area (Å²) < 4.78 is 5.11. The van der Waals surface area contributed by atoms with E-state index in [-0.39, 0.29) is 12.3 Å². The SMILES string of the molecule is O=C(CSC1=Nc2cccc3cccc(c23)N1)NC(=O)NCc1ccco1. The molecule has 2 heterocycles. The first-order valence-electron chi connectivity index (χ1n) is 8.29. The van der Waals surface area contributed by atoms with Crippen LogP contribution in [-0.2, 0) is 11.3 Å². The van der Waals surface area contributed by atoms with Gasteiger partial charge >= 0.3 is 6.03 Å². The minimum Gasteiger partial charge on any atom is -0.467 e. The van der Waals surface area contributed by atoms with Crippen LogP contribution in [0.3, 0.4) is 0 Å². The number of nitrogens with zero attached hydrogens (tertiary/aromatic N) is 1. The minimum absolute atomic E-state index is 0.0676. The first-order chi connectivity index (χ1) is 13.2. The maximum atomic E-state index is 12.0. The van der Waals surface area contributed by atoms with E-state index in [4.69, 9.17) is 4.42 Å². The molecule has 3 amide bonds. The van der Waals surface area contributed by atoms with Gasteiger partial charge < -0.3 is 15.1 Å². The van der Waals surface area contributed by atoms with Gasteiger partial charge in [-0.05, 0) is 29.7 Å². The fourth-order valence-corrected chi connectivity index (χ4v) is 3.45. The lowest BCUT2D eigenvalue weighted by Crippen LogP contribution is -2.40. The molecule has 8 heteroatoms. The number of anilines is 1. The molecule has 0 unspecified atom stereocenters. The zero-order valence-electron chi connectivity index (χ0n) is 14.2. The third kappa shape index (κ3) is 3.95. The predicted octanol–water partition coefficient (Wildman–Crippen LogP) is 3.61. The summed E-state index contributed by atoms with van der Waals surface area (Å²) in [6.45, 7) is 0.217. The Balaban J connectivity index is 1.32. The van der Waals surface area contributed by atoms with E-state index >= 15 is 0 Å². The van der Waals surface area contributed by atoms with Gasteiger partial charge in [0.05, 0.1) is 29.9 Å². The van der Waals surface area contributed by atoms with Crippen LogP contribution >= 0.6 is 11.8 Å². The second kappa shape index (κ2) is 7.55. The summed E-state index contributed by atoms with van der Waals surface area (Å²) in [5.74, 6) is 0.275. The summed E-state index contributed by atoms with van der Waals surface area (Å²) in [6, 6.07) is 14.8. The van der Waals surface area contributed by atoms with Gasteiger partial charge in [0.2, 0.25) is 5.91 Å². The maximum Gasteiger partial charge on any atom is 0.321 e. The Hall–Kier alpha value is -3.26. The number of amides is 3. The van der Waals surface area contributed by atoms with Crippen LogP contribution in [0.2, 0.25) is 0 Å². The lowest BCUT2D eigenvalue weighted by Gasteiger charge is -2.18. The van der Waals surface area contributed by atoms with E-state index in [1.54, 1.807) is 12.1 Å². The summed E-state index contributed by atoms with van der Waals surface area (Å²) in [6.07, 6.45) is 1.52. The highest BCUT2D eigenvalue weighted by atomic mass is 32.2. The molecule has 3 aromatic rings. The molecule has 0 fully saturated rings. The largest absolute Gasteiger partial charge is 0.467 e. The normalized spacial score (nSPS) is 12.2. The molecule has 0 atom stereocenters. The van der Waals surface area contributed by atoms with Crippen molar-refractivity contribution in [3.8, 4) is 0 Å². The zero-order valence-corrected chi connectivity index (χ0v) is 15.0. The highest BCUT2D eigenvalue weighted by Crippen LogP contribution is 2.36. The quantitative estimate of drug-likeness (QED) is 0.643. The number of thioether (sulfide) groups is 1. The average molecular weight is 380 g/mol. The number of aliphatic imine (C=N–C) groups is 1. The Labute approximate surface area is 159 Å². The molecule has 0 saturated carbocycles. The zero-order chi connectivity index (χ0) is 18.6. The van der Waals surface area contributed by atoms with E-state index < -0.39 is 11.9 Å². The second-order valence-electron chi connectivity index (χ2n) is 5.82. The molecule has 7 nitrogen and oxygen atoms in total. The van der Waals surface area contributed by atoms with Gasteiger partial charge in [-0.25, -0.2) is 9.79 Å². The Bertz CT molecular complexity index is 1030. The molecular weight excluding hydrogens is 364 g/mol. The first-order valence-corrected chi connectivity index (χ1v) is 9.28. The highest BCUT2D eigenvalue weighted by Gasteiger charge is 2.16. The smallest absolute Gasteiger partial charge is 0.321 e. The number of hydrogen-bond donors (Lipinski definition) is 3. The van der Waals surface area contributed by atoms with Crippen LogP contribution in [0, 0.1) is 0 Å². The van der Waals surface area contributed by atoms with Crippen LogP contribution in [0.25, 0.3) is 10.8 Å². The molecule has 2 aromatic carbocycles. The van der Waals surface area contributed by atoms with Crippen molar-refractivity contribution in [1.29, 1.82) is 0 Å². The van der Waals surface area contributed by atoms with Gasteiger partial charge in [0.25, 0.3) is 0 Å². The predicted molar refractivity (Wildman–Crippen MR) is 106 cm³/mol. The number of furan rings is 1. The van der Waals surface area contributed by atoms with Gasteiger partial charge in [-0.2, -0.15) is 0 Å². The van der Waals surface area contributed by atoms with Crippen LogP contribution in [0.15, 0.2) is 64.2 Å². The lowest BCUT2D eigenvalue weighted by molar-refractivity contribution is -0.117. The number of nitrogens with one attached hydrogen (secondary N) is 3. The Kier molecular flexibility index (Phi) is 4.80. The van der Waals surface area contributed by atoms with Crippen molar-refractivity contribution in [2.75, 3.05) is 11.1 Å². The molecule has 1 aliphatic rings. The van der Waals surface area contributed by atoms with Crippen LogP contribution in [0.5, 0.6) is 0 Å². The summed E-state index contributed by atoms with van der Waals surface area (Å²) in [7, 11) is 0. The lowest BCUT2D eigenvalue weighted by atomic mass is 10.1. The number of amidine groups is 1. The van der Waals surface area contributed by atoms with E-state index in [0.29, 0.717) is 10.9 Å². The van der Waals surface area contributed by atoms with Crippen molar-refractivity contribution in [2.45, 2.75) is 6.54 Å². The molecule has 0 aliphatic carbocycles. The molecule has 27 heavy (non-hydrogen) atoms. The minimum atomic E-state index is -0.564. The number of rotatable bonds is 4. The fourth-order valence-electron chi connectivity index (χ4n) is 2.76. The van der Waals surface area contributed by atoms with Gasteiger partial charge in [-0.1, -0.05) is 36.0 Å². The fraction of sp³-hybridized carbons (Fsp3) is 0.105. The van der Waals surface area contributed by atoms with Crippen molar-refractivity contribution < 1.29 is 14.0 Å². The number of carbonyl (C=O) groups excluding carboxylic acids is 2. The van der Waals surface area contributed by atoms with Gasteiger partial charge in [0, 0.05) is 5.39 Å². The van der Waals surface area contributed by atoms with Gasteiger partial charge in [-0.3, -0.25) is 10.1 Å². The number of carbonyl (C=O) groups is 2. The topological polar surface area (TPSA) is 95.7 Å². The van der Waals surface area contributed by atoms with E-state index in [1.165, 1.54) is 18.0 Å². The van der Waals surface area contributed by atoms with Crippen molar-refractivity contribution in [1.82, 2.24) is 10.6 Å². The third-order valence-corrected chi connectivity index (χ3v) is 4.82. The molecule has 0 bridgehead atoms. The Morgan fingerprint density at radius 1 is 1.11 bits per heavy atom. The summed E-state index contributed by atoms with van der Waals surface area (Å²) >= 11 is 1.24. The monoisotopic (exact) mass is 380 g/mol. The number of imide groups is 1. The molecule has 1 aromatic heterocycles. The van der Waals surface area contributed by atoms with Crippen LogP contribution in [0.1, 0.15) is 5.76 Å². The molecule has 4 rings (SSSR count). The summed E-state index contributed by atoms with van der Waals surface area (Å²) in [5, 5.41) is 10.9. The molecule has 0 spiro atoms.